The average Bonchev–Trinajstić information content (AvgIpc) is 3.99. The molecule has 1 saturated carbocycles. The van der Waals surface area contributed by atoms with Crippen molar-refractivity contribution < 1.29 is 19.1 Å². The van der Waals surface area contributed by atoms with Gasteiger partial charge in [0.05, 0.1) is 42.1 Å². The van der Waals surface area contributed by atoms with Gasteiger partial charge in [-0.1, -0.05) is 38.5 Å². The maximum atomic E-state index is 13.8. The van der Waals surface area contributed by atoms with E-state index in [1.807, 2.05) is 24.9 Å². The summed E-state index contributed by atoms with van der Waals surface area (Å²) in [5, 5.41) is 5.03. The Labute approximate surface area is 303 Å². The van der Waals surface area contributed by atoms with Gasteiger partial charge in [0.2, 0.25) is 5.91 Å². The lowest BCUT2D eigenvalue weighted by Crippen LogP contribution is -2.52. The molecule has 2 saturated heterocycles. The minimum Gasteiger partial charge on any atom is -0.488 e. The molecule has 3 N–H and O–H groups in total. The van der Waals surface area contributed by atoms with Crippen LogP contribution in [-0.2, 0) is 16.1 Å². The number of carbonyl (C=O) groups excluding carboxylic acids is 2. The second kappa shape index (κ2) is 12.6. The van der Waals surface area contributed by atoms with Crippen LogP contribution >= 0.6 is 0 Å². The highest BCUT2D eigenvalue weighted by atomic mass is 16.5. The number of aromatic nitrogens is 4. The number of H-pyrrole nitrogens is 2. The van der Waals surface area contributed by atoms with Crippen LogP contribution in [0.25, 0.3) is 44.2 Å². The highest BCUT2D eigenvalue weighted by molar-refractivity contribution is 6.07. The highest BCUT2D eigenvalue weighted by Gasteiger charge is 2.43. The zero-order valence-corrected chi connectivity index (χ0v) is 30.5. The van der Waals surface area contributed by atoms with Crippen LogP contribution in [0, 0.1) is 11.8 Å². The molecule has 6 atom stereocenters. The van der Waals surface area contributed by atoms with Gasteiger partial charge in [0.15, 0.2) is 0 Å². The predicted octanol–water partition coefficient (Wildman–Crippen LogP) is 7.64. The van der Waals surface area contributed by atoms with Crippen LogP contribution in [0.1, 0.15) is 88.6 Å². The van der Waals surface area contributed by atoms with Gasteiger partial charge in [-0.2, -0.15) is 0 Å². The van der Waals surface area contributed by atoms with Gasteiger partial charge in [-0.3, -0.25) is 9.69 Å². The van der Waals surface area contributed by atoms with E-state index in [0.717, 1.165) is 85.9 Å². The molecule has 1 aliphatic carbocycles. The standard InChI is InChI=1S/C41H47N7O4/c1-21(2)36(46-41(50)51-5)40(49)48-22(3)9-14-33(48)38-42-19-31(44-38)24-10-12-27-26(15-24)20-52-35-18-28-23(16-29(27)35)11-13-30-37(28)45-39(43-30)34-17-25-7-6-8-32(25)47(34)4/h10-13,15-16,18-19,21-22,25,32-34,36H,6-9,14,17,20H2,1-5H3,(H,42,44)(H,43,45)(H,46,50)/t22-,25-,32-,33-,34-,36?/m0/s1. The molecule has 11 nitrogen and oxygen atoms in total. The fourth-order valence-corrected chi connectivity index (χ4v) is 9.59. The van der Waals surface area contributed by atoms with Gasteiger partial charge < -0.3 is 29.7 Å². The van der Waals surface area contributed by atoms with Crippen LogP contribution in [0.4, 0.5) is 4.79 Å². The van der Waals surface area contributed by atoms with E-state index in [4.69, 9.17) is 19.4 Å². The van der Waals surface area contributed by atoms with Crippen molar-refractivity contribution in [2.24, 2.45) is 11.8 Å². The number of nitrogens with zero attached hydrogens (tertiary/aromatic N) is 4. The number of methoxy groups -OCH3 is 1. The van der Waals surface area contributed by atoms with Gasteiger partial charge in [-0.15, -0.1) is 0 Å². The Morgan fingerprint density at radius 3 is 2.67 bits per heavy atom. The number of benzene rings is 3. The van der Waals surface area contributed by atoms with Crippen molar-refractivity contribution in [3.8, 4) is 28.1 Å². The topological polar surface area (TPSA) is 128 Å². The van der Waals surface area contributed by atoms with Gasteiger partial charge >= 0.3 is 6.09 Å². The average molecular weight is 702 g/mol. The first-order valence-electron chi connectivity index (χ1n) is 18.8. The number of hydrogen-bond donors (Lipinski definition) is 3. The summed E-state index contributed by atoms with van der Waals surface area (Å²) in [6, 6.07) is 15.4. The summed E-state index contributed by atoms with van der Waals surface area (Å²) in [5.41, 5.74) is 7.34. The number of rotatable bonds is 6. The van der Waals surface area contributed by atoms with Crippen molar-refractivity contribution in [1.29, 1.82) is 0 Å². The maximum Gasteiger partial charge on any atom is 0.407 e. The normalized spacial score (nSPS) is 24.6. The van der Waals surface area contributed by atoms with Crippen LogP contribution in [0.2, 0.25) is 0 Å². The predicted molar refractivity (Wildman–Crippen MR) is 200 cm³/mol. The third-order valence-electron chi connectivity index (χ3n) is 12.4. The molecule has 52 heavy (non-hydrogen) atoms. The monoisotopic (exact) mass is 701 g/mol. The minimum absolute atomic E-state index is 0.0175. The van der Waals surface area contributed by atoms with E-state index in [2.05, 4.69) is 76.6 Å². The number of fused-ring (bicyclic) bond motifs is 7. The number of likely N-dealkylation sites (tertiary alicyclic amines) is 2. The van der Waals surface area contributed by atoms with Gasteiger partial charge in [0.1, 0.15) is 30.0 Å². The van der Waals surface area contributed by atoms with Crippen molar-refractivity contribution in [1.82, 2.24) is 35.1 Å². The first kappa shape index (κ1) is 33.0. The van der Waals surface area contributed by atoms with Crippen molar-refractivity contribution in [3.05, 3.63) is 65.9 Å². The quantitative estimate of drug-likeness (QED) is 0.166. The Kier molecular flexibility index (Phi) is 8.02. The van der Waals surface area contributed by atoms with Gasteiger partial charge in [0, 0.05) is 23.0 Å². The van der Waals surface area contributed by atoms with E-state index in [-0.39, 0.29) is 23.9 Å². The molecule has 11 heteroatoms. The molecule has 0 bridgehead atoms. The molecule has 1 unspecified atom stereocenters. The van der Waals surface area contributed by atoms with Crippen LogP contribution in [0.3, 0.4) is 0 Å². The second-order valence-corrected chi connectivity index (χ2v) is 15.7. The largest absolute Gasteiger partial charge is 0.488 e. The Bertz CT molecular complexity index is 2210. The van der Waals surface area contributed by atoms with Crippen molar-refractivity contribution in [2.45, 2.75) is 96.1 Å². The first-order valence-corrected chi connectivity index (χ1v) is 18.8. The third kappa shape index (κ3) is 5.35. The van der Waals surface area contributed by atoms with Gasteiger partial charge in [-0.05, 0) is 104 Å². The molecule has 5 heterocycles. The molecule has 4 aliphatic rings. The Balaban J connectivity index is 0.979. The zero-order valence-electron chi connectivity index (χ0n) is 30.5. The first-order chi connectivity index (χ1) is 25.2. The molecule has 3 aliphatic heterocycles. The van der Waals surface area contributed by atoms with E-state index in [1.54, 1.807) is 0 Å². The van der Waals surface area contributed by atoms with E-state index in [9.17, 15) is 9.59 Å². The molecule has 0 radical (unpaired) electrons. The lowest BCUT2D eigenvalue weighted by atomic mass is 9.92. The number of imidazole rings is 2. The number of alkyl carbamates (subject to hydrolysis) is 1. The van der Waals surface area contributed by atoms with Crippen LogP contribution in [0.5, 0.6) is 5.75 Å². The van der Waals surface area contributed by atoms with Gasteiger partial charge in [-0.25, -0.2) is 14.8 Å². The maximum absolute atomic E-state index is 13.8. The fourth-order valence-electron chi connectivity index (χ4n) is 9.59. The SMILES string of the molecule is COC(=O)NC(C(=O)N1[C@@H](C)CC[C@H]1c1ncc(-c2ccc3c(c2)COc2cc4c(ccc5nc([C@@H]6C[C@@H]7CCC[C@@H]7N6C)[nH]c54)cc2-3)[nH]1)C(C)C. The molecule has 270 valence electrons. The molecule has 9 rings (SSSR count). The Hall–Kier alpha value is -4.90. The van der Waals surface area contributed by atoms with E-state index >= 15 is 0 Å². The summed E-state index contributed by atoms with van der Waals surface area (Å²) in [7, 11) is 3.58. The highest BCUT2D eigenvalue weighted by Crippen LogP contribution is 2.47. The van der Waals surface area contributed by atoms with E-state index in [0.29, 0.717) is 18.7 Å². The molecule has 3 aromatic carbocycles. The van der Waals surface area contributed by atoms with Crippen molar-refractivity contribution in [3.63, 3.8) is 0 Å². The molecule has 2 amide bonds. The summed E-state index contributed by atoms with van der Waals surface area (Å²) in [6.07, 6.45) is 8.04. The number of ether oxygens (including phenoxy) is 2. The van der Waals surface area contributed by atoms with Crippen molar-refractivity contribution in [2.75, 3.05) is 14.2 Å². The number of amides is 2. The smallest absolute Gasteiger partial charge is 0.407 e. The molecule has 5 aromatic rings. The van der Waals surface area contributed by atoms with Crippen LogP contribution < -0.4 is 10.1 Å². The zero-order chi connectivity index (χ0) is 35.8. The summed E-state index contributed by atoms with van der Waals surface area (Å²) in [5.74, 6) is 3.27. The Morgan fingerprint density at radius 2 is 1.87 bits per heavy atom. The number of carbonyl (C=O) groups is 2. The van der Waals surface area contributed by atoms with E-state index < -0.39 is 12.1 Å². The summed E-state index contributed by atoms with van der Waals surface area (Å²) >= 11 is 0. The molecule has 2 aromatic heterocycles. The summed E-state index contributed by atoms with van der Waals surface area (Å²) in [6.45, 7) is 6.36. The molecule has 3 fully saturated rings. The molecular weight excluding hydrogens is 654 g/mol. The number of hydrogen-bond acceptors (Lipinski definition) is 7. The van der Waals surface area contributed by atoms with Crippen LogP contribution in [-0.4, -0.2) is 74.0 Å². The van der Waals surface area contributed by atoms with E-state index in [1.165, 1.54) is 32.8 Å². The van der Waals surface area contributed by atoms with Crippen molar-refractivity contribution >= 4 is 33.8 Å². The Morgan fingerprint density at radius 1 is 1.00 bits per heavy atom. The lowest BCUT2D eigenvalue weighted by molar-refractivity contribution is -0.137. The summed E-state index contributed by atoms with van der Waals surface area (Å²) < 4.78 is 11.2. The molecule has 0 spiro atoms. The van der Waals surface area contributed by atoms with Gasteiger partial charge in [0.25, 0.3) is 0 Å². The fraction of sp³-hybridized carbons (Fsp3) is 0.463. The number of nitrogens with one attached hydrogen (secondary N) is 3. The lowest BCUT2D eigenvalue weighted by Gasteiger charge is -2.32. The van der Waals surface area contributed by atoms with Crippen LogP contribution in [0.15, 0.2) is 48.7 Å². The third-order valence-corrected chi connectivity index (χ3v) is 12.4. The molecular formula is C41H47N7O4. The number of aromatic amines is 2. The second-order valence-electron chi connectivity index (χ2n) is 15.7. The minimum atomic E-state index is -0.688. The summed E-state index contributed by atoms with van der Waals surface area (Å²) in [4.78, 5) is 47.4.